The molecule has 31 heavy (non-hydrogen) atoms. The molecule has 0 aliphatic heterocycles. The average molecular weight is 412 g/mol. The monoisotopic (exact) mass is 411 g/mol. The Balaban J connectivity index is 1.43. The molecule has 1 heterocycles. The van der Waals surface area contributed by atoms with Gasteiger partial charge in [0.25, 0.3) is 5.91 Å². The molecule has 156 valence electrons. The van der Waals surface area contributed by atoms with Gasteiger partial charge in [-0.2, -0.15) is 5.10 Å². The molecule has 5 heteroatoms. The highest BCUT2D eigenvalue weighted by Crippen LogP contribution is 2.28. The van der Waals surface area contributed by atoms with Gasteiger partial charge in [0.2, 0.25) is 0 Å². The minimum absolute atomic E-state index is 0.0934. The molecule has 5 nitrogen and oxygen atoms in total. The minimum atomic E-state index is -0.310. The summed E-state index contributed by atoms with van der Waals surface area (Å²) in [4.78, 5) is 15.6. The molecular formula is C26H25N3O2. The van der Waals surface area contributed by atoms with Crippen LogP contribution in [0, 0.1) is 0 Å². The molecule has 0 spiro atoms. The van der Waals surface area contributed by atoms with Crippen molar-refractivity contribution >= 4 is 23.0 Å². The van der Waals surface area contributed by atoms with Gasteiger partial charge in [-0.05, 0) is 35.7 Å². The Morgan fingerprint density at radius 2 is 1.74 bits per heavy atom. The lowest BCUT2D eigenvalue weighted by molar-refractivity contribution is -0.123. The van der Waals surface area contributed by atoms with Crippen LogP contribution in [0.25, 0.3) is 22.2 Å². The van der Waals surface area contributed by atoms with Gasteiger partial charge in [0, 0.05) is 16.5 Å². The topological polar surface area (TPSA) is 66.5 Å². The van der Waals surface area contributed by atoms with Crippen LogP contribution in [0.2, 0.25) is 0 Å². The third-order valence-corrected chi connectivity index (χ3v) is 5.02. The Kier molecular flexibility index (Phi) is 6.43. The summed E-state index contributed by atoms with van der Waals surface area (Å²) in [7, 11) is 0. The van der Waals surface area contributed by atoms with Gasteiger partial charge in [-0.3, -0.25) is 4.79 Å². The summed E-state index contributed by atoms with van der Waals surface area (Å²) in [5.74, 6) is 0.358. The maximum Gasteiger partial charge on any atom is 0.277 e. The molecule has 0 atom stereocenters. The standard InChI is InChI=1S/C26H25N3O2/c1-2-8-19-13-15-21(16-14-19)31-18-25(30)29-27-17-23-22-11-6-7-12-24(22)28-26(23)20-9-4-3-5-10-20/h3-7,9-17,28H,2,8,18H2,1H3,(H,29,30)/b27-17+. The molecule has 0 saturated heterocycles. The molecule has 1 aromatic heterocycles. The summed E-state index contributed by atoms with van der Waals surface area (Å²) in [6.45, 7) is 2.05. The summed E-state index contributed by atoms with van der Waals surface area (Å²) < 4.78 is 5.56. The number of benzene rings is 3. The van der Waals surface area contributed by atoms with Crippen molar-refractivity contribution in [1.29, 1.82) is 0 Å². The fraction of sp³-hybridized carbons (Fsp3) is 0.154. The second kappa shape index (κ2) is 9.76. The van der Waals surface area contributed by atoms with Crippen LogP contribution in [0.4, 0.5) is 0 Å². The quantitative estimate of drug-likeness (QED) is 0.304. The Morgan fingerprint density at radius 1 is 1.00 bits per heavy atom. The number of hydrogen-bond donors (Lipinski definition) is 2. The van der Waals surface area contributed by atoms with E-state index in [9.17, 15) is 4.79 Å². The fourth-order valence-electron chi connectivity index (χ4n) is 3.52. The molecule has 4 rings (SSSR count). The minimum Gasteiger partial charge on any atom is -0.484 e. The highest BCUT2D eigenvalue weighted by Gasteiger charge is 2.11. The van der Waals surface area contributed by atoms with Crippen LogP contribution >= 0.6 is 0 Å². The van der Waals surface area contributed by atoms with Crippen molar-refractivity contribution in [2.75, 3.05) is 6.61 Å². The maximum absolute atomic E-state index is 12.2. The van der Waals surface area contributed by atoms with Crippen molar-refractivity contribution in [1.82, 2.24) is 10.4 Å². The number of aryl methyl sites for hydroxylation is 1. The molecule has 0 aliphatic rings. The highest BCUT2D eigenvalue weighted by atomic mass is 16.5. The lowest BCUT2D eigenvalue weighted by atomic mass is 10.1. The van der Waals surface area contributed by atoms with E-state index < -0.39 is 0 Å². The maximum atomic E-state index is 12.2. The first-order chi connectivity index (χ1) is 15.2. The molecule has 4 aromatic rings. The molecule has 0 unspecified atom stereocenters. The number of hydrazone groups is 1. The van der Waals surface area contributed by atoms with E-state index in [1.807, 2.05) is 78.9 Å². The third kappa shape index (κ3) is 5.01. The number of ether oxygens (including phenoxy) is 1. The van der Waals surface area contributed by atoms with Crippen molar-refractivity contribution in [2.45, 2.75) is 19.8 Å². The lowest BCUT2D eigenvalue weighted by Gasteiger charge is -2.06. The summed E-state index contributed by atoms with van der Waals surface area (Å²) in [5, 5.41) is 5.22. The average Bonchev–Trinajstić information content (AvgIpc) is 3.18. The van der Waals surface area contributed by atoms with Gasteiger partial charge in [-0.25, -0.2) is 5.43 Å². The second-order valence-electron chi connectivity index (χ2n) is 7.30. The van der Waals surface area contributed by atoms with Gasteiger partial charge in [0.1, 0.15) is 5.75 Å². The molecule has 0 fully saturated rings. The second-order valence-corrected chi connectivity index (χ2v) is 7.30. The van der Waals surface area contributed by atoms with E-state index >= 15 is 0 Å². The first kappa shape index (κ1) is 20.4. The van der Waals surface area contributed by atoms with Gasteiger partial charge >= 0.3 is 0 Å². The number of hydrogen-bond acceptors (Lipinski definition) is 3. The van der Waals surface area contributed by atoms with E-state index in [0.717, 1.165) is 40.6 Å². The molecule has 2 N–H and O–H groups in total. The Morgan fingerprint density at radius 3 is 2.52 bits per heavy atom. The zero-order chi connectivity index (χ0) is 21.5. The SMILES string of the molecule is CCCc1ccc(OCC(=O)N/N=C/c2c(-c3ccccc3)[nH]c3ccccc23)cc1. The number of carbonyl (C=O) groups is 1. The summed E-state index contributed by atoms with van der Waals surface area (Å²) >= 11 is 0. The molecule has 1 amide bonds. The van der Waals surface area contributed by atoms with E-state index in [-0.39, 0.29) is 12.5 Å². The first-order valence-electron chi connectivity index (χ1n) is 10.4. The van der Waals surface area contributed by atoms with Crippen molar-refractivity contribution in [3.63, 3.8) is 0 Å². The number of carbonyl (C=O) groups excluding carboxylic acids is 1. The van der Waals surface area contributed by atoms with E-state index in [4.69, 9.17) is 4.74 Å². The number of para-hydroxylation sites is 1. The van der Waals surface area contributed by atoms with Crippen LogP contribution in [0.5, 0.6) is 5.75 Å². The fourth-order valence-corrected chi connectivity index (χ4v) is 3.52. The zero-order valence-electron chi connectivity index (χ0n) is 17.5. The van der Waals surface area contributed by atoms with Crippen LogP contribution in [0.3, 0.4) is 0 Å². The summed E-state index contributed by atoms with van der Waals surface area (Å²) in [6, 6.07) is 25.9. The number of aromatic nitrogens is 1. The van der Waals surface area contributed by atoms with E-state index in [1.54, 1.807) is 6.21 Å². The molecule has 3 aromatic carbocycles. The number of H-pyrrole nitrogens is 1. The molecular weight excluding hydrogens is 386 g/mol. The van der Waals surface area contributed by atoms with Crippen molar-refractivity contribution in [3.8, 4) is 17.0 Å². The van der Waals surface area contributed by atoms with Gasteiger partial charge in [-0.15, -0.1) is 0 Å². The molecule has 0 radical (unpaired) electrons. The van der Waals surface area contributed by atoms with E-state index in [0.29, 0.717) is 5.75 Å². The number of nitrogens with zero attached hydrogens (tertiary/aromatic N) is 1. The van der Waals surface area contributed by atoms with Crippen molar-refractivity contribution in [3.05, 3.63) is 90.0 Å². The molecule has 0 bridgehead atoms. The number of fused-ring (bicyclic) bond motifs is 1. The summed E-state index contributed by atoms with van der Waals surface area (Å²) in [6.07, 6.45) is 3.82. The van der Waals surface area contributed by atoms with Crippen LogP contribution in [0.15, 0.2) is 84.0 Å². The molecule has 0 aliphatic carbocycles. The normalized spacial score (nSPS) is 11.1. The highest BCUT2D eigenvalue weighted by molar-refractivity contribution is 6.06. The Bertz CT molecular complexity index is 1180. The smallest absolute Gasteiger partial charge is 0.277 e. The van der Waals surface area contributed by atoms with Crippen molar-refractivity contribution < 1.29 is 9.53 Å². The van der Waals surface area contributed by atoms with Crippen LogP contribution in [0.1, 0.15) is 24.5 Å². The predicted molar refractivity (Wildman–Crippen MR) is 125 cm³/mol. The lowest BCUT2D eigenvalue weighted by Crippen LogP contribution is -2.24. The largest absolute Gasteiger partial charge is 0.484 e. The van der Waals surface area contributed by atoms with Gasteiger partial charge in [0.15, 0.2) is 6.61 Å². The zero-order valence-corrected chi connectivity index (χ0v) is 17.5. The predicted octanol–water partition coefficient (Wildman–Crippen LogP) is 5.32. The van der Waals surface area contributed by atoms with E-state index in [2.05, 4.69) is 22.4 Å². The van der Waals surface area contributed by atoms with Crippen LogP contribution in [-0.2, 0) is 11.2 Å². The number of amides is 1. The Labute approximate surface area is 181 Å². The van der Waals surface area contributed by atoms with Crippen LogP contribution < -0.4 is 10.2 Å². The van der Waals surface area contributed by atoms with Gasteiger partial charge < -0.3 is 9.72 Å². The number of nitrogens with one attached hydrogen (secondary N) is 2. The van der Waals surface area contributed by atoms with Gasteiger partial charge in [-0.1, -0.05) is 74.0 Å². The van der Waals surface area contributed by atoms with E-state index in [1.165, 1.54) is 5.56 Å². The van der Waals surface area contributed by atoms with Crippen LogP contribution in [-0.4, -0.2) is 23.7 Å². The first-order valence-corrected chi connectivity index (χ1v) is 10.4. The van der Waals surface area contributed by atoms with Crippen molar-refractivity contribution in [2.24, 2.45) is 5.10 Å². The number of aromatic amines is 1. The van der Waals surface area contributed by atoms with Gasteiger partial charge in [0.05, 0.1) is 11.9 Å². The third-order valence-electron chi connectivity index (χ3n) is 5.02. The number of rotatable bonds is 8. The summed E-state index contributed by atoms with van der Waals surface area (Å²) in [5.41, 5.74) is 7.78. The Hall–Kier alpha value is -3.86. The molecule has 0 saturated carbocycles.